The quantitative estimate of drug-likeness (QED) is 0.402. The zero-order chi connectivity index (χ0) is 5.70. The highest BCUT2D eigenvalue weighted by Crippen LogP contribution is 1.95. The Labute approximate surface area is 57.2 Å². The fourth-order valence-corrected chi connectivity index (χ4v) is 0.700. The zero-order valence-electron chi connectivity index (χ0n) is 3.97. The predicted molar refractivity (Wildman–Crippen MR) is 38.5 cm³/mol. The lowest BCUT2D eigenvalue weighted by Crippen LogP contribution is -2.09. The minimum Gasteiger partial charge on any atom is -0.427 e. The maximum atomic E-state index is 8.24. The second-order valence-corrected chi connectivity index (χ2v) is 2.39. The molecule has 0 aromatic rings. The molecule has 0 bridgehead atoms. The summed E-state index contributed by atoms with van der Waals surface area (Å²) in [5.41, 5.74) is 0. The van der Waals surface area contributed by atoms with Crippen LogP contribution in [0.2, 0.25) is 6.32 Å². The summed E-state index contributed by atoms with van der Waals surface area (Å²) in [6.45, 7) is 0. The molecule has 0 spiro atoms. The molecule has 0 aliphatic rings. The first-order valence-corrected chi connectivity index (χ1v) is 3.72. The maximum absolute atomic E-state index is 8.24. The summed E-state index contributed by atoms with van der Waals surface area (Å²) in [7, 11) is -1.10. The van der Waals surface area contributed by atoms with Crippen molar-refractivity contribution in [3.8, 4) is 0 Å². The van der Waals surface area contributed by atoms with Crippen molar-refractivity contribution in [2.45, 2.75) is 12.7 Å². The normalized spacial score (nSPS) is 9.00. The van der Waals surface area contributed by atoms with Crippen LogP contribution in [0.3, 0.4) is 0 Å². The first kappa shape index (κ1) is 7.71. The van der Waals surface area contributed by atoms with Gasteiger partial charge in [-0.2, -0.15) is 0 Å². The second-order valence-electron chi connectivity index (χ2n) is 1.31. The van der Waals surface area contributed by atoms with Gasteiger partial charge >= 0.3 is 7.12 Å². The highest BCUT2D eigenvalue weighted by atomic mass is 127. The maximum Gasteiger partial charge on any atom is 0.451 e. The van der Waals surface area contributed by atoms with Gasteiger partial charge < -0.3 is 10.0 Å². The van der Waals surface area contributed by atoms with Gasteiger partial charge in [0, 0.05) is 0 Å². The lowest BCUT2D eigenvalue weighted by atomic mass is 9.85. The Hall–Kier alpha value is 0.715. The van der Waals surface area contributed by atoms with E-state index in [0.29, 0.717) is 6.32 Å². The van der Waals surface area contributed by atoms with Crippen LogP contribution in [0.15, 0.2) is 0 Å². The van der Waals surface area contributed by atoms with Gasteiger partial charge in [-0.1, -0.05) is 22.6 Å². The number of hydrogen-bond donors (Lipinski definition) is 2. The van der Waals surface area contributed by atoms with Crippen LogP contribution < -0.4 is 0 Å². The van der Waals surface area contributed by atoms with Crippen molar-refractivity contribution in [3.63, 3.8) is 0 Å². The van der Waals surface area contributed by atoms with E-state index in [9.17, 15) is 0 Å². The topological polar surface area (TPSA) is 40.5 Å². The molecule has 0 fully saturated rings. The molecule has 0 saturated heterocycles. The fraction of sp³-hybridized carbons (Fsp3) is 1.00. The van der Waals surface area contributed by atoms with E-state index in [-0.39, 0.29) is 0 Å². The molecule has 0 atom stereocenters. The van der Waals surface area contributed by atoms with Crippen LogP contribution in [0.1, 0.15) is 6.42 Å². The van der Waals surface area contributed by atoms with E-state index in [2.05, 4.69) is 22.6 Å². The Bertz CT molecular complexity index is 41.9. The Morgan fingerprint density at radius 2 is 2.00 bits per heavy atom. The molecule has 0 aliphatic carbocycles. The van der Waals surface area contributed by atoms with Gasteiger partial charge in [-0.3, -0.25) is 0 Å². The third kappa shape index (κ3) is 6.71. The Kier molecular flexibility index (Phi) is 5.36. The highest BCUT2D eigenvalue weighted by molar-refractivity contribution is 14.1. The SMILES string of the molecule is OB(O)CCCI. The van der Waals surface area contributed by atoms with Crippen molar-refractivity contribution in [2.24, 2.45) is 0 Å². The summed E-state index contributed by atoms with van der Waals surface area (Å²) in [4.78, 5) is 0. The molecule has 7 heavy (non-hydrogen) atoms. The molecule has 0 heterocycles. The van der Waals surface area contributed by atoms with E-state index in [1.54, 1.807) is 0 Å². The van der Waals surface area contributed by atoms with Crippen molar-refractivity contribution in [2.75, 3.05) is 4.43 Å². The third-order valence-corrected chi connectivity index (χ3v) is 1.36. The summed E-state index contributed by atoms with van der Waals surface area (Å²) in [6.07, 6.45) is 1.39. The average Bonchev–Trinajstić information content (AvgIpc) is 1.61. The largest absolute Gasteiger partial charge is 0.451 e. The van der Waals surface area contributed by atoms with Crippen LogP contribution in [-0.4, -0.2) is 21.6 Å². The van der Waals surface area contributed by atoms with Crippen molar-refractivity contribution in [1.29, 1.82) is 0 Å². The molecule has 0 rings (SSSR count). The smallest absolute Gasteiger partial charge is 0.427 e. The second kappa shape index (κ2) is 4.86. The van der Waals surface area contributed by atoms with Crippen molar-refractivity contribution in [1.82, 2.24) is 0 Å². The van der Waals surface area contributed by atoms with Crippen molar-refractivity contribution in [3.05, 3.63) is 0 Å². The number of alkyl halides is 1. The van der Waals surface area contributed by atoms with Crippen LogP contribution in [0.5, 0.6) is 0 Å². The van der Waals surface area contributed by atoms with Gasteiger partial charge in [-0.05, 0) is 17.2 Å². The summed E-state index contributed by atoms with van der Waals surface area (Å²) in [5, 5.41) is 16.5. The first-order chi connectivity index (χ1) is 3.27. The minimum absolute atomic E-state index is 0.503. The van der Waals surface area contributed by atoms with Crippen molar-refractivity contribution >= 4 is 29.7 Å². The van der Waals surface area contributed by atoms with Gasteiger partial charge in [0.05, 0.1) is 0 Å². The van der Waals surface area contributed by atoms with Crippen LogP contribution >= 0.6 is 22.6 Å². The lowest BCUT2D eigenvalue weighted by Gasteiger charge is -1.90. The molecule has 42 valence electrons. The molecule has 4 heteroatoms. The van der Waals surface area contributed by atoms with E-state index in [1.807, 2.05) is 0 Å². The van der Waals surface area contributed by atoms with Crippen molar-refractivity contribution < 1.29 is 10.0 Å². The van der Waals surface area contributed by atoms with E-state index in [4.69, 9.17) is 10.0 Å². The molecule has 0 unspecified atom stereocenters. The van der Waals surface area contributed by atoms with E-state index in [0.717, 1.165) is 10.8 Å². The number of halogens is 1. The average molecular weight is 214 g/mol. The molecule has 0 saturated carbocycles. The minimum atomic E-state index is -1.10. The highest BCUT2D eigenvalue weighted by Gasteiger charge is 2.02. The zero-order valence-corrected chi connectivity index (χ0v) is 6.13. The van der Waals surface area contributed by atoms with Gasteiger partial charge in [0.2, 0.25) is 0 Å². The van der Waals surface area contributed by atoms with E-state index >= 15 is 0 Å². The summed E-state index contributed by atoms with van der Waals surface area (Å²) >= 11 is 2.20. The molecule has 0 aromatic heterocycles. The van der Waals surface area contributed by atoms with E-state index in [1.165, 1.54) is 0 Å². The monoisotopic (exact) mass is 214 g/mol. The molecule has 2 N–H and O–H groups in total. The Morgan fingerprint density at radius 1 is 1.43 bits per heavy atom. The molecular formula is C3H8BIO2. The van der Waals surface area contributed by atoms with Crippen LogP contribution in [-0.2, 0) is 0 Å². The van der Waals surface area contributed by atoms with Gasteiger partial charge in [0.1, 0.15) is 0 Å². The molecule has 0 amide bonds. The molecule has 2 nitrogen and oxygen atoms in total. The number of rotatable bonds is 3. The van der Waals surface area contributed by atoms with Crippen LogP contribution in [0.25, 0.3) is 0 Å². The first-order valence-electron chi connectivity index (χ1n) is 2.19. The Morgan fingerprint density at radius 3 is 2.14 bits per heavy atom. The van der Waals surface area contributed by atoms with Crippen LogP contribution in [0.4, 0.5) is 0 Å². The summed E-state index contributed by atoms with van der Waals surface area (Å²) in [6, 6.07) is 0. The number of hydrogen-bond acceptors (Lipinski definition) is 2. The molecule has 0 aliphatic heterocycles. The summed E-state index contributed by atoms with van der Waals surface area (Å²) in [5.74, 6) is 0. The predicted octanol–water partition coefficient (Wildman–Crippen LogP) is 0.284. The fourth-order valence-electron chi connectivity index (χ4n) is 0.260. The summed E-state index contributed by atoms with van der Waals surface area (Å²) < 4.78 is 0.995. The molecule has 0 aromatic carbocycles. The van der Waals surface area contributed by atoms with Gasteiger partial charge in [-0.25, -0.2) is 0 Å². The molecule has 0 radical (unpaired) electrons. The third-order valence-electron chi connectivity index (χ3n) is 0.596. The standard InChI is InChI=1S/C3H8BIO2/c5-3-1-2-4(6)7/h6-7H,1-3H2. The van der Waals surface area contributed by atoms with Gasteiger partial charge in [0.25, 0.3) is 0 Å². The van der Waals surface area contributed by atoms with Gasteiger partial charge in [-0.15, -0.1) is 0 Å². The van der Waals surface area contributed by atoms with Gasteiger partial charge in [0.15, 0.2) is 0 Å². The van der Waals surface area contributed by atoms with E-state index < -0.39 is 7.12 Å². The lowest BCUT2D eigenvalue weighted by molar-refractivity contribution is 0.405. The Balaban J connectivity index is 2.68. The molecular weight excluding hydrogens is 206 g/mol. The van der Waals surface area contributed by atoms with Crippen LogP contribution in [0, 0.1) is 0 Å².